The van der Waals surface area contributed by atoms with Gasteiger partial charge in [0.25, 0.3) is 0 Å². The monoisotopic (exact) mass is 289 g/mol. The van der Waals surface area contributed by atoms with E-state index in [4.69, 9.17) is 5.73 Å². The third kappa shape index (κ3) is 3.67. The first-order valence-corrected chi connectivity index (χ1v) is 8.56. The van der Waals surface area contributed by atoms with Gasteiger partial charge >= 0.3 is 0 Å². The predicted molar refractivity (Wildman–Crippen MR) is 89.2 cm³/mol. The first-order chi connectivity index (χ1) is 10.1. The second kappa shape index (κ2) is 7.42. The Morgan fingerprint density at radius 2 is 1.86 bits per heavy atom. The van der Waals surface area contributed by atoms with Crippen LogP contribution in [-0.2, 0) is 0 Å². The molecule has 1 aliphatic carbocycles. The van der Waals surface area contributed by atoms with Crippen molar-refractivity contribution in [2.75, 3.05) is 6.54 Å². The Kier molecular flexibility index (Phi) is 5.83. The molecule has 1 aliphatic rings. The summed E-state index contributed by atoms with van der Waals surface area (Å²) in [6.07, 6.45) is 6.85. The summed E-state index contributed by atoms with van der Waals surface area (Å²) in [5, 5.41) is 11.0. The van der Waals surface area contributed by atoms with E-state index in [1.54, 1.807) is 0 Å². The van der Waals surface area contributed by atoms with Gasteiger partial charge in [-0.25, -0.2) is 0 Å². The summed E-state index contributed by atoms with van der Waals surface area (Å²) >= 11 is 0. The third-order valence-corrected chi connectivity index (χ3v) is 5.63. The van der Waals surface area contributed by atoms with Gasteiger partial charge in [-0.2, -0.15) is 0 Å². The molecule has 0 heterocycles. The molecule has 2 atom stereocenters. The molecule has 2 unspecified atom stereocenters. The number of rotatable bonds is 6. The maximum absolute atomic E-state index is 11.0. The summed E-state index contributed by atoms with van der Waals surface area (Å²) in [5.41, 5.74) is 7.25. The van der Waals surface area contributed by atoms with E-state index in [0.29, 0.717) is 6.54 Å². The highest BCUT2D eigenvalue weighted by molar-refractivity contribution is 5.21. The maximum atomic E-state index is 11.0. The Hall–Kier alpha value is -0.860. The Balaban J connectivity index is 2.07. The lowest BCUT2D eigenvalue weighted by molar-refractivity contribution is -0.0225. The van der Waals surface area contributed by atoms with Crippen LogP contribution in [0.3, 0.4) is 0 Å². The van der Waals surface area contributed by atoms with E-state index in [9.17, 15) is 5.11 Å². The summed E-state index contributed by atoms with van der Waals surface area (Å²) in [7, 11) is 0. The Morgan fingerprint density at radius 1 is 1.24 bits per heavy atom. The molecule has 0 radical (unpaired) electrons. The van der Waals surface area contributed by atoms with Crippen molar-refractivity contribution in [2.24, 2.45) is 17.1 Å². The number of aliphatic hydroxyl groups is 1. The molecule has 0 spiro atoms. The molecular weight excluding hydrogens is 258 g/mol. The van der Waals surface area contributed by atoms with Crippen LogP contribution in [0.2, 0.25) is 0 Å². The van der Waals surface area contributed by atoms with Crippen molar-refractivity contribution >= 4 is 0 Å². The van der Waals surface area contributed by atoms with Crippen molar-refractivity contribution in [3.05, 3.63) is 35.9 Å². The zero-order valence-corrected chi connectivity index (χ0v) is 13.6. The average molecular weight is 289 g/mol. The molecule has 0 saturated heterocycles. The van der Waals surface area contributed by atoms with Crippen LogP contribution in [0.15, 0.2) is 30.3 Å². The minimum Gasteiger partial charge on any atom is -0.392 e. The van der Waals surface area contributed by atoms with Crippen molar-refractivity contribution in [3.8, 4) is 0 Å². The largest absolute Gasteiger partial charge is 0.392 e. The standard InChI is InChI=1S/C19H31NO/c1-3-7-16-10-12-19(14-20,13-11-16)18(21)15(2)17-8-5-4-6-9-17/h4-6,8-9,15-16,18,21H,3,7,10-14,20H2,1-2H3. The van der Waals surface area contributed by atoms with Crippen LogP contribution in [0.25, 0.3) is 0 Å². The van der Waals surface area contributed by atoms with E-state index < -0.39 is 0 Å². The smallest absolute Gasteiger partial charge is 0.0674 e. The van der Waals surface area contributed by atoms with Crippen molar-refractivity contribution in [2.45, 2.75) is 64.4 Å². The Bertz CT molecular complexity index is 409. The molecule has 21 heavy (non-hydrogen) atoms. The van der Waals surface area contributed by atoms with Crippen LogP contribution in [-0.4, -0.2) is 17.8 Å². The molecule has 2 rings (SSSR count). The summed E-state index contributed by atoms with van der Waals surface area (Å²) < 4.78 is 0. The van der Waals surface area contributed by atoms with Gasteiger partial charge in [0.2, 0.25) is 0 Å². The number of nitrogens with two attached hydrogens (primary N) is 1. The summed E-state index contributed by atoms with van der Waals surface area (Å²) in [6, 6.07) is 10.3. The zero-order valence-electron chi connectivity index (χ0n) is 13.6. The van der Waals surface area contributed by atoms with Crippen molar-refractivity contribution in [3.63, 3.8) is 0 Å². The van der Waals surface area contributed by atoms with Crippen LogP contribution in [0.5, 0.6) is 0 Å². The fourth-order valence-electron chi connectivity index (χ4n) is 4.04. The molecule has 118 valence electrons. The zero-order chi connectivity index (χ0) is 15.3. The minimum atomic E-state index is -0.340. The molecule has 1 aromatic carbocycles. The number of hydrogen-bond donors (Lipinski definition) is 2. The first kappa shape index (κ1) is 16.5. The van der Waals surface area contributed by atoms with Crippen molar-refractivity contribution in [1.29, 1.82) is 0 Å². The van der Waals surface area contributed by atoms with E-state index >= 15 is 0 Å². The fraction of sp³-hybridized carbons (Fsp3) is 0.684. The van der Waals surface area contributed by atoms with E-state index in [1.807, 2.05) is 18.2 Å². The van der Waals surface area contributed by atoms with E-state index in [2.05, 4.69) is 26.0 Å². The summed E-state index contributed by atoms with van der Waals surface area (Å²) in [4.78, 5) is 0. The second-order valence-corrected chi connectivity index (χ2v) is 6.94. The van der Waals surface area contributed by atoms with Crippen molar-refractivity contribution < 1.29 is 5.11 Å². The van der Waals surface area contributed by atoms with E-state index in [0.717, 1.165) is 18.8 Å². The van der Waals surface area contributed by atoms with Crippen LogP contribution < -0.4 is 5.73 Å². The van der Waals surface area contributed by atoms with Gasteiger partial charge in [0.1, 0.15) is 0 Å². The first-order valence-electron chi connectivity index (χ1n) is 8.56. The van der Waals surface area contributed by atoms with Crippen LogP contribution in [0.4, 0.5) is 0 Å². The highest BCUT2D eigenvalue weighted by Crippen LogP contribution is 2.45. The van der Waals surface area contributed by atoms with Gasteiger partial charge in [0.15, 0.2) is 0 Å². The molecule has 1 saturated carbocycles. The van der Waals surface area contributed by atoms with Crippen LogP contribution >= 0.6 is 0 Å². The molecule has 0 aliphatic heterocycles. The van der Waals surface area contributed by atoms with E-state index in [-0.39, 0.29) is 17.4 Å². The van der Waals surface area contributed by atoms with Crippen LogP contribution in [0.1, 0.15) is 63.9 Å². The topological polar surface area (TPSA) is 46.2 Å². The Labute approximate surface area is 129 Å². The van der Waals surface area contributed by atoms with Gasteiger partial charge in [-0.1, -0.05) is 57.0 Å². The second-order valence-electron chi connectivity index (χ2n) is 6.94. The van der Waals surface area contributed by atoms with Gasteiger partial charge in [-0.3, -0.25) is 0 Å². The van der Waals surface area contributed by atoms with Gasteiger partial charge in [0, 0.05) is 17.9 Å². The molecule has 1 aromatic rings. The van der Waals surface area contributed by atoms with Crippen LogP contribution in [0, 0.1) is 11.3 Å². The number of hydrogen-bond acceptors (Lipinski definition) is 2. The molecule has 2 heteroatoms. The predicted octanol–water partition coefficient (Wildman–Crippen LogP) is 4.09. The maximum Gasteiger partial charge on any atom is 0.0674 e. The number of benzene rings is 1. The summed E-state index contributed by atoms with van der Waals surface area (Å²) in [6.45, 7) is 5.00. The molecule has 0 aromatic heterocycles. The van der Waals surface area contributed by atoms with Gasteiger partial charge in [0.05, 0.1) is 6.10 Å². The molecular formula is C19H31NO. The third-order valence-electron chi connectivity index (χ3n) is 5.63. The minimum absolute atomic E-state index is 0.0838. The molecule has 0 bridgehead atoms. The highest BCUT2D eigenvalue weighted by atomic mass is 16.3. The fourth-order valence-corrected chi connectivity index (χ4v) is 4.04. The molecule has 0 amide bonds. The molecule has 1 fully saturated rings. The van der Waals surface area contributed by atoms with Gasteiger partial charge in [-0.05, 0) is 37.2 Å². The van der Waals surface area contributed by atoms with Gasteiger partial charge in [-0.15, -0.1) is 0 Å². The quantitative estimate of drug-likeness (QED) is 0.828. The SMILES string of the molecule is CCCC1CCC(CN)(C(O)C(C)c2ccccc2)CC1. The normalized spacial score (nSPS) is 29.0. The van der Waals surface area contributed by atoms with Gasteiger partial charge < -0.3 is 10.8 Å². The molecule has 3 N–H and O–H groups in total. The summed E-state index contributed by atoms with van der Waals surface area (Å²) in [5.74, 6) is 0.992. The van der Waals surface area contributed by atoms with Crippen molar-refractivity contribution in [1.82, 2.24) is 0 Å². The molecule has 2 nitrogen and oxygen atoms in total. The lowest BCUT2D eigenvalue weighted by Gasteiger charge is -2.45. The lowest BCUT2D eigenvalue weighted by Crippen LogP contribution is -2.46. The lowest BCUT2D eigenvalue weighted by atomic mass is 9.63. The number of aliphatic hydroxyl groups excluding tert-OH is 1. The van der Waals surface area contributed by atoms with E-state index in [1.165, 1.54) is 31.2 Å². The average Bonchev–Trinajstić information content (AvgIpc) is 2.55. The Morgan fingerprint density at radius 3 is 2.38 bits per heavy atom. The highest BCUT2D eigenvalue weighted by Gasteiger charge is 2.42.